The van der Waals surface area contributed by atoms with Crippen LogP contribution in [0.4, 0.5) is 22.0 Å². The number of hydrogen-bond acceptors (Lipinski definition) is 1. The quantitative estimate of drug-likeness (QED) is 0.581. The number of ketones is 1. The van der Waals surface area contributed by atoms with Crippen molar-refractivity contribution in [3.63, 3.8) is 0 Å². The third-order valence-corrected chi connectivity index (χ3v) is 2.25. The van der Waals surface area contributed by atoms with Crippen LogP contribution in [0.2, 0.25) is 0 Å². The molecule has 0 spiro atoms. The monoisotopic (exact) mass is 252 g/mol. The second kappa shape index (κ2) is 4.81. The fourth-order valence-electron chi connectivity index (χ4n) is 1.48. The first kappa shape index (κ1) is 13.6. The number of carbonyl (C=O) groups excluding carboxylic acids is 1. The molecule has 0 saturated heterocycles. The Hall–Kier alpha value is -1.46. The Balaban J connectivity index is 3.48. The number of benzene rings is 1. The van der Waals surface area contributed by atoms with Gasteiger partial charge in [-0.25, -0.2) is 8.78 Å². The van der Waals surface area contributed by atoms with E-state index in [1.807, 2.05) is 0 Å². The summed E-state index contributed by atoms with van der Waals surface area (Å²) in [5.74, 6) is -0.730. The van der Waals surface area contributed by atoms with Gasteiger partial charge in [0.1, 0.15) is 0 Å². The van der Waals surface area contributed by atoms with Gasteiger partial charge in [0.2, 0.25) is 0 Å². The zero-order chi connectivity index (χ0) is 13.2. The van der Waals surface area contributed by atoms with E-state index < -0.39 is 35.1 Å². The molecule has 0 fully saturated rings. The van der Waals surface area contributed by atoms with Crippen LogP contribution in [0, 0.1) is 0 Å². The van der Waals surface area contributed by atoms with Crippen molar-refractivity contribution in [3.05, 3.63) is 34.9 Å². The van der Waals surface area contributed by atoms with Gasteiger partial charge >= 0.3 is 6.18 Å². The minimum atomic E-state index is -4.89. The normalized spacial score (nSPS) is 11.9. The molecule has 0 radical (unpaired) electrons. The molecule has 0 heterocycles. The lowest BCUT2D eigenvalue weighted by atomic mass is 9.97. The first-order valence-electron chi connectivity index (χ1n) is 4.80. The van der Waals surface area contributed by atoms with E-state index in [1.54, 1.807) is 0 Å². The van der Waals surface area contributed by atoms with Crippen LogP contribution in [0.5, 0.6) is 0 Å². The van der Waals surface area contributed by atoms with E-state index in [4.69, 9.17) is 0 Å². The summed E-state index contributed by atoms with van der Waals surface area (Å²) in [7, 11) is 0. The van der Waals surface area contributed by atoms with Gasteiger partial charge in [-0.3, -0.25) is 4.79 Å². The average molecular weight is 252 g/mol. The summed E-state index contributed by atoms with van der Waals surface area (Å²) < 4.78 is 62.9. The highest BCUT2D eigenvalue weighted by Crippen LogP contribution is 2.38. The predicted octanol–water partition coefficient (Wildman–Crippen LogP) is 4.24. The molecule has 1 aromatic rings. The van der Waals surface area contributed by atoms with Crippen LogP contribution < -0.4 is 0 Å². The molecule has 0 bridgehead atoms. The molecule has 0 aromatic heterocycles. The molecule has 17 heavy (non-hydrogen) atoms. The van der Waals surface area contributed by atoms with Crippen LogP contribution in [0.1, 0.15) is 41.3 Å². The third-order valence-electron chi connectivity index (χ3n) is 2.25. The van der Waals surface area contributed by atoms with Gasteiger partial charge < -0.3 is 0 Å². The van der Waals surface area contributed by atoms with Crippen molar-refractivity contribution in [1.82, 2.24) is 0 Å². The second-order valence-corrected chi connectivity index (χ2v) is 3.34. The Morgan fingerprint density at radius 1 is 1.29 bits per heavy atom. The first-order chi connectivity index (χ1) is 7.79. The molecule has 1 rings (SSSR count). The van der Waals surface area contributed by atoms with E-state index in [9.17, 15) is 26.7 Å². The molecule has 0 amide bonds. The maximum atomic E-state index is 12.7. The minimum absolute atomic E-state index is 0.124. The molecule has 0 saturated carbocycles. The zero-order valence-corrected chi connectivity index (χ0v) is 8.81. The van der Waals surface area contributed by atoms with Crippen molar-refractivity contribution in [2.24, 2.45) is 0 Å². The Morgan fingerprint density at radius 3 is 2.29 bits per heavy atom. The van der Waals surface area contributed by atoms with Gasteiger partial charge in [-0.1, -0.05) is 19.1 Å². The van der Waals surface area contributed by atoms with Crippen LogP contribution in [0.3, 0.4) is 0 Å². The second-order valence-electron chi connectivity index (χ2n) is 3.34. The summed E-state index contributed by atoms with van der Waals surface area (Å²) in [6.45, 7) is 1.40. The predicted molar refractivity (Wildman–Crippen MR) is 51.0 cm³/mol. The molecule has 94 valence electrons. The van der Waals surface area contributed by atoms with Crippen molar-refractivity contribution in [2.45, 2.75) is 25.9 Å². The van der Waals surface area contributed by atoms with Gasteiger partial charge in [0.15, 0.2) is 5.78 Å². The summed E-state index contributed by atoms with van der Waals surface area (Å²) in [4.78, 5) is 11.3. The lowest BCUT2D eigenvalue weighted by molar-refractivity contribution is -0.139. The minimum Gasteiger partial charge on any atom is -0.294 e. The van der Waals surface area contributed by atoms with Crippen molar-refractivity contribution >= 4 is 5.78 Å². The SMILES string of the molecule is CCC(=O)c1cccc(C(F)(F)F)c1C(F)F. The zero-order valence-electron chi connectivity index (χ0n) is 8.81. The van der Waals surface area contributed by atoms with Crippen LogP contribution in [-0.4, -0.2) is 5.78 Å². The van der Waals surface area contributed by atoms with Crippen molar-refractivity contribution < 1.29 is 26.7 Å². The fraction of sp³-hybridized carbons (Fsp3) is 0.364. The number of alkyl halides is 5. The highest BCUT2D eigenvalue weighted by molar-refractivity contribution is 5.97. The molecular weight excluding hydrogens is 243 g/mol. The molecule has 0 atom stereocenters. The highest BCUT2D eigenvalue weighted by Gasteiger charge is 2.37. The average Bonchev–Trinajstić information content (AvgIpc) is 2.25. The third kappa shape index (κ3) is 2.81. The Bertz CT molecular complexity index is 422. The standard InChI is InChI=1S/C11H9F5O/c1-2-8(17)6-4-3-5-7(11(14,15)16)9(6)10(12)13/h3-5,10H,2H2,1H3. The van der Waals surface area contributed by atoms with Crippen LogP contribution >= 0.6 is 0 Å². The lowest BCUT2D eigenvalue weighted by Crippen LogP contribution is -2.14. The largest absolute Gasteiger partial charge is 0.416 e. The molecule has 0 aliphatic rings. The van der Waals surface area contributed by atoms with E-state index in [1.165, 1.54) is 6.92 Å². The van der Waals surface area contributed by atoms with E-state index in [2.05, 4.69) is 0 Å². The number of rotatable bonds is 3. The summed E-state index contributed by atoms with van der Waals surface area (Å²) >= 11 is 0. The molecule has 6 heteroatoms. The Kier molecular flexibility index (Phi) is 3.85. The maximum absolute atomic E-state index is 12.7. The van der Waals surface area contributed by atoms with Gasteiger partial charge in [0.05, 0.1) is 5.56 Å². The van der Waals surface area contributed by atoms with Crippen molar-refractivity contribution in [1.29, 1.82) is 0 Å². The van der Waals surface area contributed by atoms with Gasteiger partial charge in [-0.05, 0) is 6.07 Å². The highest BCUT2D eigenvalue weighted by atomic mass is 19.4. The van der Waals surface area contributed by atoms with E-state index in [-0.39, 0.29) is 6.42 Å². The fourth-order valence-corrected chi connectivity index (χ4v) is 1.48. The van der Waals surface area contributed by atoms with Gasteiger partial charge in [0.25, 0.3) is 6.43 Å². The van der Waals surface area contributed by atoms with E-state index in [0.29, 0.717) is 6.07 Å². The number of carbonyl (C=O) groups is 1. The molecule has 0 unspecified atom stereocenters. The molecule has 0 aliphatic heterocycles. The van der Waals surface area contributed by atoms with Gasteiger partial charge in [-0.15, -0.1) is 0 Å². The van der Waals surface area contributed by atoms with Crippen molar-refractivity contribution in [2.75, 3.05) is 0 Å². The number of halogens is 5. The van der Waals surface area contributed by atoms with Crippen LogP contribution in [-0.2, 0) is 6.18 Å². The summed E-state index contributed by atoms with van der Waals surface area (Å²) in [6.07, 6.45) is -8.35. The number of hydrogen-bond donors (Lipinski definition) is 0. The Morgan fingerprint density at radius 2 is 1.88 bits per heavy atom. The van der Waals surface area contributed by atoms with E-state index in [0.717, 1.165) is 12.1 Å². The Labute approximate surface area is 94.2 Å². The molecular formula is C11H9F5O. The molecule has 0 N–H and O–H groups in total. The molecule has 0 aliphatic carbocycles. The van der Waals surface area contributed by atoms with Gasteiger partial charge in [0, 0.05) is 17.5 Å². The number of Topliss-reactive ketones (excluding diaryl/α,β-unsaturated/α-hetero) is 1. The summed E-state index contributed by atoms with van der Waals surface area (Å²) in [5.41, 5.74) is -3.24. The summed E-state index contributed by atoms with van der Waals surface area (Å²) in [5, 5.41) is 0. The summed E-state index contributed by atoms with van der Waals surface area (Å²) in [6, 6.07) is 2.49. The van der Waals surface area contributed by atoms with Gasteiger partial charge in [-0.2, -0.15) is 13.2 Å². The molecule has 1 nitrogen and oxygen atoms in total. The van der Waals surface area contributed by atoms with Crippen LogP contribution in [0.15, 0.2) is 18.2 Å². The molecule has 1 aromatic carbocycles. The van der Waals surface area contributed by atoms with Crippen LogP contribution in [0.25, 0.3) is 0 Å². The van der Waals surface area contributed by atoms with E-state index >= 15 is 0 Å². The first-order valence-corrected chi connectivity index (χ1v) is 4.80. The van der Waals surface area contributed by atoms with Crippen molar-refractivity contribution in [3.8, 4) is 0 Å². The topological polar surface area (TPSA) is 17.1 Å². The smallest absolute Gasteiger partial charge is 0.294 e. The lowest BCUT2D eigenvalue weighted by Gasteiger charge is -2.15. The maximum Gasteiger partial charge on any atom is 0.416 e.